The summed E-state index contributed by atoms with van der Waals surface area (Å²) in [6.45, 7) is 6.04. The third-order valence-corrected chi connectivity index (χ3v) is 6.24. The first-order valence-corrected chi connectivity index (χ1v) is 9.76. The van der Waals surface area contributed by atoms with Crippen molar-refractivity contribution >= 4 is 11.3 Å². The minimum atomic E-state index is 0.471. The second-order valence-corrected chi connectivity index (χ2v) is 7.76. The van der Waals surface area contributed by atoms with Gasteiger partial charge in [-0.15, -0.1) is 0 Å². The van der Waals surface area contributed by atoms with E-state index in [0.29, 0.717) is 11.6 Å². The first-order valence-electron chi connectivity index (χ1n) is 8.82. The second kappa shape index (κ2) is 7.26. The van der Waals surface area contributed by atoms with Crippen molar-refractivity contribution < 1.29 is 0 Å². The van der Waals surface area contributed by atoms with Crippen molar-refractivity contribution in [2.75, 3.05) is 19.6 Å². The molecule has 2 aliphatic rings. The van der Waals surface area contributed by atoms with Gasteiger partial charge < -0.3 is 5.32 Å². The Kier molecular flexibility index (Phi) is 5.36. The van der Waals surface area contributed by atoms with E-state index < -0.39 is 0 Å². The Bertz CT molecular complexity index is 409. The summed E-state index contributed by atoms with van der Waals surface area (Å²) in [5.41, 5.74) is 2.00. The molecule has 1 aromatic heterocycles. The Labute approximate surface area is 133 Å². The van der Waals surface area contributed by atoms with Gasteiger partial charge in [-0.3, -0.25) is 4.90 Å². The average molecular weight is 307 g/mol. The number of hydrogen-bond acceptors (Lipinski definition) is 3. The fraction of sp³-hybridized carbons (Fsp3) is 0.778. The van der Waals surface area contributed by atoms with Crippen LogP contribution in [0.1, 0.15) is 57.4 Å². The lowest BCUT2D eigenvalue weighted by atomic mass is 9.78. The standard InChI is InChI=1S/C18H30N2S/c1-2-6-17-13-20(11-7-16-8-12-21-14-16)18(15-19-17)9-4-3-5-10-18/h8,12,14,17,19H,2-7,9-11,13,15H2,1H3. The van der Waals surface area contributed by atoms with Crippen LogP contribution in [0.4, 0.5) is 0 Å². The molecule has 2 nitrogen and oxygen atoms in total. The molecular formula is C18H30N2S. The minimum Gasteiger partial charge on any atom is -0.311 e. The maximum Gasteiger partial charge on any atom is 0.0334 e. The summed E-state index contributed by atoms with van der Waals surface area (Å²) < 4.78 is 0. The summed E-state index contributed by atoms with van der Waals surface area (Å²) in [5.74, 6) is 0. The molecule has 0 bridgehead atoms. The van der Waals surface area contributed by atoms with Crippen LogP contribution in [0, 0.1) is 0 Å². The molecule has 1 aliphatic heterocycles. The molecule has 2 heterocycles. The third kappa shape index (κ3) is 3.69. The molecule has 0 radical (unpaired) electrons. The van der Waals surface area contributed by atoms with Crippen molar-refractivity contribution in [3.63, 3.8) is 0 Å². The van der Waals surface area contributed by atoms with Crippen molar-refractivity contribution in [3.05, 3.63) is 22.4 Å². The molecule has 3 rings (SSSR count). The van der Waals surface area contributed by atoms with Crippen LogP contribution in [-0.2, 0) is 6.42 Å². The number of piperazine rings is 1. The van der Waals surface area contributed by atoms with Crippen molar-refractivity contribution in [1.29, 1.82) is 0 Å². The van der Waals surface area contributed by atoms with Gasteiger partial charge in [-0.25, -0.2) is 0 Å². The van der Waals surface area contributed by atoms with E-state index >= 15 is 0 Å². The highest BCUT2D eigenvalue weighted by atomic mass is 32.1. The van der Waals surface area contributed by atoms with Crippen molar-refractivity contribution in [3.8, 4) is 0 Å². The Morgan fingerprint density at radius 2 is 2.19 bits per heavy atom. The zero-order valence-electron chi connectivity index (χ0n) is 13.4. The number of thiophene rings is 1. The van der Waals surface area contributed by atoms with Crippen LogP contribution < -0.4 is 5.32 Å². The molecule has 21 heavy (non-hydrogen) atoms. The quantitative estimate of drug-likeness (QED) is 0.882. The molecule has 1 N–H and O–H groups in total. The highest BCUT2D eigenvalue weighted by Crippen LogP contribution is 2.35. The Balaban J connectivity index is 1.66. The Hall–Kier alpha value is -0.380. The lowest BCUT2D eigenvalue weighted by molar-refractivity contribution is 0.00932. The largest absolute Gasteiger partial charge is 0.311 e. The van der Waals surface area contributed by atoms with Crippen LogP contribution in [0.3, 0.4) is 0 Å². The van der Waals surface area contributed by atoms with Crippen molar-refractivity contribution in [2.24, 2.45) is 0 Å². The smallest absolute Gasteiger partial charge is 0.0334 e. The van der Waals surface area contributed by atoms with Gasteiger partial charge in [0, 0.05) is 31.2 Å². The number of rotatable bonds is 5. The molecule has 1 saturated carbocycles. The van der Waals surface area contributed by atoms with Crippen LogP contribution in [0.5, 0.6) is 0 Å². The van der Waals surface area contributed by atoms with Crippen LogP contribution in [-0.4, -0.2) is 36.1 Å². The second-order valence-electron chi connectivity index (χ2n) is 6.98. The summed E-state index contributed by atoms with van der Waals surface area (Å²) in [6, 6.07) is 3.01. The molecule has 1 unspecified atom stereocenters. The highest BCUT2D eigenvalue weighted by molar-refractivity contribution is 7.07. The predicted octanol–water partition coefficient (Wildman–Crippen LogP) is 4.07. The number of nitrogens with one attached hydrogen (secondary N) is 1. The first-order chi connectivity index (χ1) is 10.3. The Morgan fingerprint density at radius 3 is 2.90 bits per heavy atom. The van der Waals surface area contributed by atoms with Gasteiger partial charge in [0.05, 0.1) is 0 Å². The third-order valence-electron chi connectivity index (χ3n) is 5.50. The SMILES string of the molecule is CCCC1CN(CCc2ccsc2)C2(CCCCC2)CN1. The molecule has 0 aromatic carbocycles. The summed E-state index contributed by atoms with van der Waals surface area (Å²) in [7, 11) is 0. The average Bonchev–Trinajstić information content (AvgIpc) is 3.03. The van der Waals surface area contributed by atoms with E-state index in [9.17, 15) is 0 Å². The molecule has 1 aliphatic carbocycles. The van der Waals surface area contributed by atoms with Crippen LogP contribution in [0.25, 0.3) is 0 Å². The maximum atomic E-state index is 3.86. The van der Waals surface area contributed by atoms with Gasteiger partial charge >= 0.3 is 0 Å². The molecule has 1 spiro atoms. The lowest BCUT2D eigenvalue weighted by Gasteiger charge is -2.52. The van der Waals surface area contributed by atoms with E-state index in [1.54, 1.807) is 0 Å². The van der Waals surface area contributed by atoms with E-state index in [1.165, 1.54) is 76.6 Å². The van der Waals surface area contributed by atoms with Crippen molar-refractivity contribution in [1.82, 2.24) is 10.2 Å². The summed E-state index contributed by atoms with van der Waals surface area (Å²) in [5, 5.41) is 8.39. The molecule has 1 atom stereocenters. The van der Waals surface area contributed by atoms with Gasteiger partial charge in [0.15, 0.2) is 0 Å². The van der Waals surface area contributed by atoms with Gasteiger partial charge in [-0.2, -0.15) is 11.3 Å². The van der Waals surface area contributed by atoms with Crippen LogP contribution in [0.15, 0.2) is 16.8 Å². The molecule has 1 saturated heterocycles. The van der Waals surface area contributed by atoms with E-state index in [1.807, 2.05) is 11.3 Å². The van der Waals surface area contributed by atoms with Gasteiger partial charge in [0.2, 0.25) is 0 Å². The lowest BCUT2D eigenvalue weighted by Crippen LogP contribution is -2.65. The highest BCUT2D eigenvalue weighted by Gasteiger charge is 2.41. The molecule has 1 aromatic rings. The minimum absolute atomic E-state index is 0.471. The van der Waals surface area contributed by atoms with Crippen molar-refractivity contribution in [2.45, 2.75) is 69.9 Å². The predicted molar refractivity (Wildman–Crippen MR) is 92.1 cm³/mol. The van der Waals surface area contributed by atoms with Gasteiger partial charge in [0.25, 0.3) is 0 Å². The zero-order chi connectivity index (χ0) is 14.5. The van der Waals surface area contributed by atoms with E-state index in [0.717, 1.165) is 0 Å². The molecule has 118 valence electrons. The fourth-order valence-corrected chi connectivity index (χ4v) is 4.95. The Morgan fingerprint density at radius 1 is 1.33 bits per heavy atom. The maximum absolute atomic E-state index is 3.86. The topological polar surface area (TPSA) is 15.3 Å². The molecule has 0 amide bonds. The summed E-state index contributed by atoms with van der Waals surface area (Å²) in [4.78, 5) is 2.86. The monoisotopic (exact) mass is 306 g/mol. The summed E-state index contributed by atoms with van der Waals surface area (Å²) in [6.07, 6.45) is 11.0. The van der Waals surface area contributed by atoms with Gasteiger partial charge in [-0.1, -0.05) is 32.6 Å². The normalized spacial score (nSPS) is 26.2. The fourth-order valence-electron chi connectivity index (χ4n) is 4.24. The zero-order valence-corrected chi connectivity index (χ0v) is 14.3. The molecule has 3 heteroatoms. The van der Waals surface area contributed by atoms with Crippen LogP contribution >= 0.6 is 11.3 Å². The van der Waals surface area contributed by atoms with Gasteiger partial charge in [0.1, 0.15) is 0 Å². The van der Waals surface area contributed by atoms with E-state index in [2.05, 4.69) is 34.0 Å². The molecule has 2 fully saturated rings. The van der Waals surface area contributed by atoms with Gasteiger partial charge in [-0.05, 0) is 48.1 Å². The number of nitrogens with zero attached hydrogens (tertiary/aromatic N) is 1. The first kappa shape index (κ1) is 15.5. The molecular weight excluding hydrogens is 276 g/mol. The van der Waals surface area contributed by atoms with E-state index in [-0.39, 0.29) is 0 Å². The number of hydrogen-bond donors (Lipinski definition) is 1. The summed E-state index contributed by atoms with van der Waals surface area (Å²) >= 11 is 1.83. The van der Waals surface area contributed by atoms with E-state index in [4.69, 9.17) is 0 Å². The van der Waals surface area contributed by atoms with Crippen LogP contribution in [0.2, 0.25) is 0 Å².